The first-order chi connectivity index (χ1) is 5.75. The minimum atomic E-state index is 0.731. The highest BCUT2D eigenvalue weighted by Crippen LogP contribution is 2.12. The highest BCUT2D eigenvalue weighted by atomic mass is 15.2. The van der Waals surface area contributed by atoms with Gasteiger partial charge in [-0.1, -0.05) is 6.92 Å². The Morgan fingerprint density at radius 1 is 1.58 bits per heavy atom. The number of hydrogen-bond donors (Lipinski definition) is 1. The van der Waals surface area contributed by atoms with Gasteiger partial charge in [-0.2, -0.15) is 0 Å². The van der Waals surface area contributed by atoms with Crippen LogP contribution >= 0.6 is 0 Å². The van der Waals surface area contributed by atoms with Gasteiger partial charge in [0.25, 0.3) is 0 Å². The number of nitrogens with zero attached hydrogens (tertiary/aromatic N) is 1. The van der Waals surface area contributed by atoms with E-state index in [9.17, 15) is 0 Å². The Morgan fingerprint density at radius 2 is 2.33 bits per heavy atom. The summed E-state index contributed by atoms with van der Waals surface area (Å²) in [5, 5.41) is 3.45. The van der Waals surface area contributed by atoms with Gasteiger partial charge in [-0.15, -0.1) is 0 Å². The standard InChI is InChI=1S/C10H22N2/c1-4-9(2)12(3)10-6-5-7-11-8-10/h9-11H,4-8H2,1-3H3/t9?,10-/m1/s1. The fraction of sp³-hybridized carbons (Fsp3) is 1.00. The Hall–Kier alpha value is -0.0800. The van der Waals surface area contributed by atoms with Crippen molar-refractivity contribution in [3.63, 3.8) is 0 Å². The molecule has 1 saturated heterocycles. The maximum Gasteiger partial charge on any atom is 0.0220 e. The third-order valence-electron chi connectivity index (χ3n) is 3.13. The molecule has 1 aliphatic rings. The summed E-state index contributed by atoms with van der Waals surface area (Å²) in [7, 11) is 2.26. The van der Waals surface area contributed by atoms with Crippen molar-refractivity contribution in [1.29, 1.82) is 0 Å². The molecule has 0 bridgehead atoms. The Morgan fingerprint density at radius 3 is 2.83 bits per heavy atom. The normalized spacial score (nSPS) is 27.5. The van der Waals surface area contributed by atoms with Crippen molar-refractivity contribution < 1.29 is 0 Å². The molecular formula is C10H22N2. The summed E-state index contributed by atoms with van der Waals surface area (Å²) in [4.78, 5) is 2.52. The van der Waals surface area contributed by atoms with Gasteiger partial charge in [-0.25, -0.2) is 0 Å². The second-order valence-electron chi connectivity index (χ2n) is 3.92. The van der Waals surface area contributed by atoms with Crippen LogP contribution in [0.15, 0.2) is 0 Å². The highest BCUT2D eigenvalue weighted by molar-refractivity contribution is 4.78. The van der Waals surface area contributed by atoms with E-state index in [1.807, 2.05) is 0 Å². The van der Waals surface area contributed by atoms with E-state index >= 15 is 0 Å². The van der Waals surface area contributed by atoms with E-state index in [0.717, 1.165) is 12.1 Å². The van der Waals surface area contributed by atoms with Gasteiger partial charge >= 0.3 is 0 Å². The number of rotatable bonds is 3. The molecule has 0 amide bonds. The first kappa shape index (κ1) is 10.0. The van der Waals surface area contributed by atoms with Crippen molar-refractivity contribution in [2.24, 2.45) is 0 Å². The Balaban J connectivity index is 2.33. The van der Waals surface area contributed by atoms with Crippen LogP contribution in [0.1, 0.15) is 33.1 Å². The molecule has 0 aromatic carbocycles. The summed E-state index contributed by atoms with van der Waals surface area (Å²) in [6.45, 7) is 6.97. The van der Waals surface area contributed by atoms with Crippen LogP contribution in [-0.4, -0.2) is 37.1 Å². The average molecular weight is 170 g/mol. The smallest absolute Gasteiger partial charge is 0.0220 e. The van der Waals surface area contributed by atoms with Crippen LogP contribution < -0.4 is 5.32 Å². The molecule has 0 radical (unpaired) electrons. The predicted molar refractivity (Wildman–Crippen MR) is 53.4 cm³/mol. The van der Waals surface area contributed by atoms with Crippen molar-refractivity contribution in [2.75, 3.05) is 20.1 Å². The molecule has 2 heteroatoms. The average Bonchev–Trinajstić information content (AvgIpc) is 2.17. The molecule has 1 aliphatic heterocycles. The zero-order chi connectivity index (χ0) is 8.97. The summed E-state index contributed by atoms with van der Waals surface area (Å²) >= 11 is 0. The molecule has 1 heterocycles. The van der Waals surface area contributed by atoms with Gasteiger partial charge in [0.2, 0.25) is 0 Å². The Kier molecular flexibility index (Phi) is 4.02. The van der Waals surface area contributed by atoms with Crippen LogP contribution in [0.2, 0.25) is 0 Å². The van der Waals surface area contributed by atoms with Crippen molar-refractivity contribution in [3.8, 4) is 0 Å². The van der Waals surface area contributed by atoms with E-state index in [1.165, 1.54) is 32.4 Å². The molecule has 1 unspecified atom stereocenters. The molecular weight excluding hydrogens is 148 g/mol. The fourth-order valence-electron chi connectivity index (χ4n) is 1.83. The monoisotopic (exact) mass is 170 g/mol. The van der Waals surface area contributed by atoms with Crippen LogP contribution in [-0.2, 0) is 0 Å². The van der Waals surface area contributed by atoms with Gasteiger partial charge in [-0.3, -0.25) is 4.90 Å². The van der Waals surface area contributed by atoms with Crippen LogP contribution in [0.4, 0.5) is 0 Å². The van der Waals surface area contributed by atoms with E-state index in [2.05, 4.69) is 31.1 Å². The molecule has 12 heavy (non-hydrogen) atoms. The van der Waals surface area contributed by atoms with Crippen LogP contribution in [0.3, 0.4) is 0 Å². The topological polar surface area (TPSA) is 15.3 Å². The van der Waals surface area contributed by atoms with Gasteiger partial charge < -0.3 is 5.32 Å². The van der Waals surface area contributed by atoms with Gasteiger partial charge in [0.1, 0.15) is 0 Å². The Labute approximate surface area is 76.3 Å². The summed E-state index contributed by atoms with van der Waals surface area (Å²) in [5.74, 6) is 0. The number of likely N-dealkylation sites (N-methyl/N-ethyl adjacent to an activating group) is 1. The van der Waals surface area contributed by atoms with E-state index in [-0.39, 0.29) is 0 Å². The molecule has 1 fully saturated rings. The number of piperidine rings is 1. The second-order valence-corrected chi connectivity index (χ2v) is 3.92. The van der Waals surface area contributed by atoms with Crippen molar-refractivity contribution in [3.05, 3.63) is 0 Å². The fourth-order valence-corrected chi connectivity index (χ4v) is 1.83. The van der Waals surface area contributed by atoms with E-state index in [0.29, 0.717) is 0 Å². The van der Waals surface area contributed by atoms with E-state index < -0.39 is 0 Å². The molecule has 0 aromatic rings. The van der Waals surface area contributed by atoms with E-state index in [4.69, 9.17) is 0 Å². The van der Waals surface area contributed by atoms with Gasteiger partial charge in [0, 0.05) is 18.6 Å². The molecule has 2 nitrogen and oxygen atoms in total. The molecule has 1 N–H and O–H groups in total. The molecule has 0 aromatic heterocycles. The lowest BCUT2D eigenvalue weighted by atomic mass is 10.0. The minimum absolute atomic E-state index is 0.731. The van der Waals surface area contributed by atoms with Gasteiger partial charge in [-0.05, 0) is 39.8 Å². The molecule has 2 atom stereocenters. The minimum Gasteiger partial charge on any atom is -0.315 e. The van der Waals surface area contributed by atoms with Gasteiger partial charge in [0.05, 0.1) is 0 Å². The quantitative estimate of drug-likeness (QED) is 0.690. The third-order valence-corrected chi connectivity index (χ3v) is 3.13. The Bertz CT molecular complexity index is 119. The van der Waals surface area contributed by atoms with Crippen LogP contribution in [0.5, 0.6) is 0 Å². The second kappa shape index (κ2) is 4.83. The molecule has 0 aliphatic carbocycles. The lowest BCUT2D eigenvalue weighted by molar-refractivity contribution is 0.152. The third kappa shape index (κ3) is 2.46. The summed E-state index contributed by atoms with van der Waals surface area (Å²) < 4.78 is 0. The molecule has 0 saturated carbocycles. The van der Waals surface area contributed by atoms with Crippen molar-refractivity contribution in [2.45, 2.75) is 45.2 Å². The molecule has 1 rings (SSSR count). The van der Waals surface area contributed by atoms with Gasteiger partial charge in [0.15, 0.2) is 0 Å². The molecule has 0 spiro atoms. The number of hydrogen-bond acceptors (Lipinski definition) is 2. The zero-order valence-electron chi connectivity index (χ0n) is 8.64. The molecule has 72 valence electrons. The van der Waals surface area contributed by atoms with E-state index in [1.54, 1.807) is 0 Å². The largest absolute Gasteiger partial charge is 0.315 e. The summed E-state index contributed by atoms with van der Waals surface area (Å²) in [6, 6.07) is 1.50. The SMILES string of the molecule is CCC(C)N(C)[C@@H]1CCCNC1. The lowest BCUT2D eigenvalue weighted by Gasteiger charge is -2.35. The first-order valence-electron chi connectivity index (χ1n) is 5.18. The predicted octanol–water partition coefficient (Wildman–Crippen LogP) is 1.47. The van der Waals surface area contributed by atoms with Crippen LogP contribution in [0.25, 0.3) is 0 Å². The van der Waals surface area contributed by atoms with Crippen molar-refractivity contribution >= 4 is 0 Å². The maximum atomic E-state index is 3.45. The lowest BCUT2D eigenvalue weighted by Crippen LogP contribution is -2.47. The summed E-state index contributed by atoms with van der Waals surface area (Å²) in [6.07, 6.45) is 3.96. The summed E-state index contributed by atoms with van der Waals surface area (Å²) in [5.41, 5.74) is 0. The maximum absolute atomic E-state index is 3.45. The van der Waals surface area contributed by atoms with Crippen molar-refractivity contribution in [1.82, 2.24) is 10.2 Å². The zero-order valence-corrected chi connectivity index (χ0v) is 8.64. The van der Waals surface area contributed by atoms with Crippen LogP contribution in [0, 0.1) is 0 Å². The first-order valence-corrected chi connectivity index (χ1v) is 5.18. The number of nitrogens with one attached hydrogen (secondary N) is 1. The highest BCUT2D eigenvalue weighted by Gasteiger charge is 2.20.